The molecule has 5 nitrogen and oxygen atoms in total. The van der Waals surface area contributed by atoms with E-state index in [0.29, 0.717) is 6.04 Å². The molecular weight excluding hydrogens is 354 g/mol. The van der Waals surface area contributed by atoms with Crippen molar-refractivity contribution < 1.29 is 0 Å². The molecule has 2 atom stereocenters. The highest BCUT2D eigenvalue weighted by atomic mass is 79.9. The Kier molecular flexibility index (Phi) is 2.94. The molecule has 1 saturated carbocycles. The van der Waals surface area contributed by atoms with Gasteiger partial charge >= 0.3 is 0 Å². The lowest BCUT2D eigenvalue weighted by Crippen LogP contribution is -2.26. The molecule has 0 aromatic carbocycles. The fourth-order valence-corrected chi connectivity index (χ4v) is 4.39. The van der Waals surface area contributed by atoms with Crippen LogP contribution in [0.5, 0.6) is 0 Å². The second-order valence-electron chi connectivity index (χ2n) is 5.87. The lowest BCUT2D eigenvalue weighted by molar-refractivity contribution is 0.422. The van der Waals surface area contributed by atoms with Gasteiger partial charge in [0.05, 0.1) is 21.7 Å². The van der Waals surface area contributed by atoms with E-state index in [4.69, 9.17) is 17.3 Å². The van der Waals surface area contributed by atoms with Crippen LogP contribution in [0, 0.1) is 0 Å². The third-order valence-electron chi connectivity index (χ3n) is 4.73. The number of nitrogens with two attached hydrogens (primary N) is 1. The number of nitrogens with zero attached hydrogens (tertiary/aromatic N) is 3. The summed E-state index contributed by atoms with van der Waals surface area (Å²) in [6, 6.07) is 2.17. The van der Waals surface area contributed by atoms with Gasteiger partial charge in [-0.25, -0.2) is 9.67 Å². The van der Waals surface area contributed by atoms with Crippen molar-refractivity contribution in [3.8, 4) is 0 Å². The van der Waals surface area contributed by atoms with Gasteiger partial charge in [0.2, 0.25) is 0 Å². The predicted molar refractivity (Wildman–Crippen MR) is 86.6 cm³/mol. The van der Waals surface area contributed by atoms with Crippen molar-refractivity contribution >= 4 is 39.2 Å². The number of anilines is 2. The number of hydrogen-bond donors (Lipinski definition) is 2. The van der Waals surface area contributed by atoms with Crippen LogP contribution in [0.4, 0.5) is 11.6 Å². The SMILES string of the molecule is Nc1ccnn1C1CCC2(CNc3ncc(Br)c(Cl)c32)C1. The zero-order valence-corrected chi connectivity index (χ0v) is 13.7. The highest BCUT2D eigenvalue weighted by Gasteiger charge is 2.48. The summed E-state index contributed by atoms with van der Waals surface area (Å²) in [4.78, 5) is 4.45. The topological polar surface area (TPSA) is 68.8 Å². The Hall–Kier alpha value is -1.27. The van der Waals surface area contributed by atoms with E-state index < -0.39 is 0 Å². The third kappa shape index (κ3) is 1.89. The molecule has 2 aromatic heterocycles. The molecule has 1 spiro atoms. The molecule has 1 fully saturated rings. The lowest BCUT2D eigenvalue weighted by Gasteiger charge is -2.24. The average Bonchev–Trinajstić information content (AvgIpc) is 3.15. The van der Waals surface area contributed by atoms with Gasteiger partial charge in [-0.05, 0) is 41.3 Å². The maximum Gasteiger partial charge on any atom is 0.131 e. The number of rotatable bonds is 1. The zero-order valence-electron chi connectivity index (χ0n) is 11.3. The molecule has 2 aliphatic rings. The van der Waals surface area contributed by atoms with Crippen LogP contribution >= 0.6 is 27.5 Å². The summed E-state index contributed by atoms with van der Waals surface area (Å²) in [7, 11) is 0. The molecule has 3 heterocycles. The van der Waals surface area contributed by atoms with Crippen molar-refractivity contribution in [1.29, 1.82) is 0 Å². The van der Waals surface area contributed by atoms with Crippen LogP contribution in [0.2, 0.25) is 5.02 Å². The summed E-state index contributed by atoms with van der Waals surface area (Å²) in [5, 5.41) is 8.54. The Morgan fingerprint density at radius 3 is 3.14 bits per heavy atom. The van der Waals surface area contributed by atoms with E-state index in [-0.39, 0.29) is 5.41 Å². The molecular formula is C14H15BrClN5. The maximum atomic E-state index is 6.54. The third-order valence-corrected chi connectivity index (χ3v) is 5.95. The van der Waals surface area contributed by atoms with Gasteiger partial charge < -0.3 is 11.1 Å². The molecule has 0 bridgehead atoms. The van der Waals surface area contributed by atoms with Gasteiger partial charge in [0.1, 0.15) is 11.6 Å². The second kappa shape index (κ2) is 4.61. The molecule has 7 heteroatoms. The Morgan fingerprint density at radius 1 is 1.52 bits per heavy atom. The van der Waals surface area contributed by atoms with Gasteiger partial charge in [-0.1, -0.05) is 11.6 Å². The Labute approximate surface area is 136 Å². The smallest absolute Gasteiger partial charge is 0.131 e. The molecule has 0 radical (unpaired) electrons. The van der Waals surface area contributed by atoms with E-state index in [0.717, 1.165) is 52.5 Å². The number of fused-ring (bicyclic) bond motifs is 2. The lowest BCUT2D eigenvalue weighted by atomic mass is 9.81. The number of aromatic nitrogens is 3. The van der Waals surface area contributed by atoms with Gasteiger partial charge in [-0.2, -0.15) is 5.10 Å². The molecule has 21 heavy (non-hydrogen) atoms. The number of hydrogen-bond acceptors (Lipinski definition) is 4. The molecule has 110 valence electrons. The normalized spacial score (nSPS) is 27.0. The van der Waals surface area contributed by atoms with Gasteiger partial charge in [-0.15, -0.1) is 0 Å². The molecule has 1 aliphatic heterocycles. The van der Waals surface area contributed by atoms with Crippen LogP contribution in [0.3, 0.4) is 0 Å². The minimum Gasteiger partial charge on any atom is -0.384 e. The van der Waals surface area contributed by atoms with Gasteiger partial charge in [-0.3, -0.25) is 0 Å². The summed E-state index contributed by atoms with van der Waals surface area (Å²) in [6.45, 7) is 0.878. The predicted octanol–water partition coefficient (Wildman–Crippen LogP) is 3.36. The van der Waals surface area contributed by atoms with Crippen LogP contribution in [0.15, 0.2) is 22.9 Å². The van der Waals surface area contributed by atoms with Crippen LogP contribution in [-0.2, 0) is 5.41 Å². The van der Waals surface area contributed by atoms with Gasteiger partial charge in [0.15, 0.2) is 0 Å². The van der Waals surface area contributed by atoms with Crippen LogP contribution in [0.1, 0.15) is 30.9 Å². The van der Waals surface area contributed by atoms with Crippen LogP contribution in [0.25, 0.3) is 0 Å². The van der Waals surface area contributed by atoms with E-state index in [1.54, 1.807) is 12.4 Å². The summed E-state index contributed by atoms with van der Waals surface area (Å²) < 4.78 is 2.79. The summed E-state index contributed by atoms with van der Waals surface area (Å²) >= 11 is 10.0. The van der Waals surface area contributed by atoms with E-state index in [2.05, 4.69) is 31.3 Å². The van der Waals surface area contributed by atoms with E-state index in [1.165, 1.54) is 0 Å². The first-order valence-electron chi connectivity index (χ1n) is 6.98. The monoisotopic (exact) mass is 367 g/mol. The quantitative estimate of drug-likeness (QED) is 0.810. The Balaban J connectivity index is 1.74. The first-order chi connectivity index (χ1) is 10.1. The zero-order chi connectivity index (χ0) is 14.6. The first-order valence-corrected chi connectivity index (χ1v) is 8.15. The number of halogens is 2. The largest absolute Gasteiger partial charge is 0.384 e. The standard InChI is InChI=1S/C14H15BrClN5/c15-9-6-18-13-11(12(9)16)14(7-19-13)3-1-8(5-14)21-10(17)2-4-20-21/h2,4,6,8H,1,3,5,7,17H2,(H,18,19). The van der Waals surface area contributed by atoms with Crippen molar-refractivity contribution in [3.05, 3.63) is 33.5 Å². The number of nitrogens with one attached hydrogen (secondary N) is 1. The fourth-order valence-electron chi connectivity index (χ4n) is 3.75. The van der Waals surface area contributed by atoms with Crippen molar-refractivity contribution in [1.82, 2.24) is 14.8 Å². The van der Waals surface area contributed by atoms with Gasteiger partial charge in [0, 0.05) is 23.7 Å². The van der Waals surface area contributed by atoms with Crippen molar-refractivity contribution in [2.45, 2.75) is 30.7 Å². The minimum atomic E-state index is 0.0340. The Bertz CT molecular complexity index is 715. The van der Waals surface area contributed by atoms with E-state index >= 15 is 0 Å². The van der Waals surface area contributed by atoms with E-state index in [9.17, 15) is 0 Å². The molecule has 4 rings (SSSR count). The molecule has 2 unspecified atom stereocenters. The molecule has 1 aliphatic carbocycles. The average molecular weight is 369 g/mol. The minimum absolute atomic E-state index is 0.0340. The number of nitrogen functional groups attached to an aromatic ring is 1. The fraction of sp³-hybridized carbons (Fsp3) is 0.429. The summed E-state index contributed by atoms with van der Waals surface area (Å²) in [5.41, 5.74) is 7.17. The highest BCUT2D eigenvalue weighted by molar-refractivity contribution is 9.10. The molecule has 0 amide bonds. The number of pyridine rings is 1. The highest BCUT2D eigenvalue weighted by Crippen LogP contribution is 2.54. The van der Waals surface area contributed by atoms with Gasteiger partial charge in [0.25, 0.3) is 0 Å². The second-order valence-corrected chi connectivity index (χ2v) is 7.11. The van der Waals surface area contributed by atoms with Crippen LogP contribution in [-0.4, -0.2) is 21.3 Å². The van der Waals surface area contributed by atoms with Crippen LogP contribution < -0.4 is 11.1 Å². The van der Waals surface area contributed by atoms with Crippen molar-refractivity contribution in [3.63, 3.8) is 0 Å². The van der Waals surface area contributed by atoms with Crippen molar-refractivity contribution in [2.24, 2.45) is 0 Å². The molecule has 0 saturated heterocycles. The molecule has 3 N–H and O–H groups in total. The molecule has 2 aromatic rings. The van der Waals surface area contributed by atoms with E-state index in [1.807, 2.05) is 10.7 Å². The summed E-state index contributed by atoms with van der Waals surface area (Å²) in [5.74, 6) is 1.64. The Morgan fingerprint density at radius 2 is 2.38 bits per heavy atom. The van der Waals surface area contributed by atoms with Crippen molar-refractivity contribution in [2.75, 3.05) is 17.6 Å². The maximum absolute atomic E-state index is 6.54. The first kappa shape index (κ1) is 13.4. The summed E-state index contributed by atoms with van der Waals surface area (Å²) in [6.07, 6.45) is 6.61.